The van der Waals surface area contributed by atoms with Crippen molar-refractivity contribution in [3.63, 3.8) is 0 Å². The molecular formula is C24H18ClN5OS2. The van der Waals surface area contributed by atoms with Crippen LogP contribution in [0.25, 0.3) is 31.7 Å². The van der Waals surface area contributed by atoms with Crippen molar-refractivity contribution in [2.45, 2.75) is 0 Å². The number of hydrogen-bond acceptors (Lipinski definition) is 7. The Hall–Kier alpha value is -3.07. The van der Waals surface area contributed by atoms with Gasteiger partial charge in [-0.15, -0.1) is 22.7 Å². The van der Waals surface area contributed by atoms with Gasteiger partial charge in [-0.2, -0.15) is 0 Å². The van der Waals surface area contributed by atoms with Crippen LogP contribution in [0.4, 0.5) is 5.82 Å². The first kappa shape index (κ1) is 20.5. The number of benzene rings is 1. The van der Waals surface area contributed by atoms with Crippen LogP contribution in [-0.2, 0) is 0 Å². The molecule has 1 fully saturated rings. The van der Waals surface area contributed by atoms with Gasteiger partial charge in [0, 0.05) is 31.6 Å². The molecule has 0 unspecified atom stereocenters. The molecule has 33 heavy (non-hydrogen) atoms. The summed E-state index contributed by atoms with van der Waals surface area (Å²) in [6, 6.07) is 15.6. The molecule has 1 aliphatic heterocycles. The van der Waals surface area contributed by atoms with Crippen LogP contribution in [0.5, 0.6) is 0 Å². The summed E-state index contributed by atoms with van der Waals surface area (Å²) in [6.07, 6.45) is 1.62. The standard InChI is InChI=1S/C24H18ClN5OS2/c25-21-6-5-20(33-21)19-13-17(15-3-1-2-4-18(15)28-19)24(31)30-10-8-29(9-11-30)22-16-7-12-32-23(16)27-14-26-22/h1-7,12-14H,8-11H2. The Balaban J connectivity index is 1.29. The van der Waals surface area contributed by atoms with E-state index in [0.29, 0.717) is 23.0 Å². The molecule has 4 aromatic heterocycles. The highest BCUT2D eigenvalue weighted by Gasteiger charge is 2.26. The number of halogens is 1. The van der Waals surface area contributed by atoms with Gasteiger partial charge in [0.05, 0.1) is 31.4 Å². The maximum Gasteiger partial charge on any atom is 0.254 e. The Morgan fingerprint density at radius 3 is 2.64 bits per heavy atom. The summed E-state index contributed by atoms with van der Waals surface area (Å²) in [5.41, 5.74) is 2.26. The first-order chi connectivity index (χ1) is 16.2. The van der Waals surface area contributed by atoms with Crippen molar-refractivity contribution in [2.24, 2.45) is 0 Å². The van der Waals surface area contributed by atoms with E-state index in [1.807, 2.05) is 52.7 Å². The van der Waals surface area contributed by atoms with Gasteiger partial charge >= 0.3 is 0 Å². The topological polar surface area (TPSA) is 62.2 Å². The number of fused-ring (bicyclic) bond motifs is 2. The predicted octanol–water partition coefficient (Wildman–Crippen LogP) is 5.58. The maximum atomic E-state index is 13.6. The van der Waals surface area contributed by atoms with E-state index in [9.17, 15) is 4.79 Å². The van der Waals surface area contributed by atoms with E-state index in [1.54, 1.807) is 17.7 Å². The number of aromatic nitrogens is 3. The third-order valence-corrected chi connectivity index (χ3v) is 7.95. The van der Waals surface area contributed by atoms with Crippen LogP contribution in [-0.4, -0.2) is 51.9 Å². The maximum absolute atomic E-state index is 13.6. The number of carbonyl (C=O) groups is 1. The van der Waals surface area contributed by atoms with E-state index in [-0.39, 0.29) is 5.91 Å². The van der Waals surface area contributed by atoms with Gasteiger partial charge < -0.3 is 9.80 Å². The molecule has 5 heterocycles. The molecule has 1 aliphatic rings. The Morgan fingerprint density at radius 1 is 0.970 bits per heavy atom. The second-order valence-electron chi connectivity index (χ2n) is 7.79. The lowest BCUT2D eigenvalue weighted by Crippen LogP contribution is -2.49. The Labute approximate surface area is 203 Å². The summed E-state index contributed by atoms with van der Waals surface area (Å²) in [6.45, 7) is 2.71. The molecule has 6 nitrogen and oxygen atoms in total. The van der Waals surface area contributed by atoms with Crippen LogP contribution < -0.4 is 4.90 Å². The summed E-state index contributed by atoms with van der Waals surface area (Å²) < 4.78 is 0.702. The van der Waals surface area contributed by atoms with Crippen molar-refractivity contribution in [1.82, 2.24) is 19.9 Å². The Bertz CT molecular complexity index is 1490. The van der Waals surface area contributed by atoms with Gasteiger partial charge in [-0.05, 0) is 35.7 Å². The summed E-state index contributed by atoms with van der Waals surface area (Å²) >= 11 is 9.23. The first-order valence-corrected chi connectivity index (χ1v) is 12.6. The van der Waals surface area contributed by atoms with Crippen molar-refractivity contribution >= 4 is 67.1 Å². The van der Waals surface area contributed by atoms with Crippen molar-refractivity contribution in [3.05, 3.63) is 70.1 Å². The van der Waals surface area contributed by atoms with E-state index in [4.69, 9.17) is 16.6 Å². The largest absolute Gasteiger partial charge is 0.352 e. The number of piperazine rings is 1. The lowest BCUT2D eigenvalue weighted by atomic mass is 10.1. The molecular weight excluding hydrogens is 474 g/mol. The fourth-order valence-corrected chi connectivity index (χ4v) is 5.98. The summed E-state index contributed by atoms with van der Waals surface area (Å²) in [7, 11) is 0. The summed E-state index contributed by atoms with van der Waals surface area (Å²) in [4.78, 5) is 33.4. The Morgan fingerprint density at radius 2 is 1.82 bits per heavy atom. The number of pyridine rings is 1. The lowest BCUT2D eigenvalue weighted by Gasteiger charge is -2.35. The Kier molecular flexibility index (Phi) is 5.21. The molecule has 0 bridgehead atoms. The van der Waals surface area contributed by atoms with Crippen LogP contribution in [0.1, 0.15) is 10.4 Å². The fraction of sp³-hybridized carbons (Fsp3) is 0.167. The second kappa shape index (κ2) is 8.37. The quantitative estimate of drug-likeness (QED) is 0.329. The molecule has 6 rings (SSSR count). The number of anilines is 1. The molecule has 0 radical (unpaired) electrons. The number of nitrogens with zero attached hydrogens (tertiary/aromatic N) is 5. The normalized spacial score (nSPS) is 14.3. The number of rotatable bonds is 3. The van der Waals surface area contributed by atoms with Crippen molar-refractivity contribution < 1.29 is 4.79 Å². The van der Waals surface area contributed by atoms with Crippen molar-refractivity contribution in [3.8, 4) is 10.6 Å². The van der Waals surface area contributed by atoms with Gasteiger partial charge in [0.25, 0.3) is 5.91 Å². The minimum atomic E-state index is 0.0283. The molecule has 1 aromatic carbocycles. The molecule has 0 N–H and O–H groups in total. The van der Waals surface area contributed by atoms with Gasteiger partial charge in [-0.3, -0.25) is 4.79 Å². The molecule has 9 heteroatoms. The van der Waals surface area contributed by atoms with Crippen LogP contribution in [0.3, 0.4) is 0 Å². The number of hydrogen-bond donors (Lipinski definition) is 0. The highest BCUT2D eigenvalue weighted by Crippen LogP contribution is 2.33. The van der Waals surface area contributed by atoms with Gasteiger partial charge in [-0.25, -0.2) is 15.0 Å². The third-order valence-electron chi connectivity index (χ3n) is 5.88. The van der Waals surface area contributed by atoms with Gasteiger partial charge in [-0.1, -0.05) is 29.8 Å². The number of amides is 1. The molecule has 164 valence electrons. The number of carbonyl (C=O) groups excluding carboxylic acids is 1. The van der Waals surface area contributed by atoms with Crippen LogP contribution in [0.15, 0.2) is 60.2 Å². The molecule has 1 saturated heterocycles. The molecule has 0 spiro atoms. The minimum absolute atomic E-state index is 0.0283. The highest BCUT2D eigenvalue weighted by molar-refractivity contribution is 7.19. The van der Waals surface area contributed by atoms with Crippen molar-refractivity contribution in [1.29, 1.82) is 0 Å². The van der Waals surface area contributed by atoms with E-state index < -0.39 is 0 Å². The SMILES string of the molecule is O=C(c1cc(-c2ccc(Cl)s2)nc2ccccc12)N1CCN(c2ncnc3sccc23)CC1. The highest BCUT2D eigenvalue weighted by atomic mass is 35.5. The molecule has 1 amide bonds. The average Bonchev–Trinajstić information content (AvgIpc) is 3.52. The average molecular weight is 492 g/mol. The van der Waals surface area contributed by atoms with Crippen LogP contribution >= 0.6 is 34.3 Å². The zero-order valence-corrected chi connectivity index (χ0v) is 19.8. The van der Waals surface area contributed by atoms with Gasteiger partial charge in [0.1, 0.15) is 17.0 Å². The lowest BCUT2D eigenvalue weighted by molar-refractivity contribution is 0.0748. The monoisotopic (exact) mass is 491 g/mol. The van der Waals surface area contributed by atoms with E-state index in [1.165, 1.54) is 11.3 Å². The number of para-hydroxylation sites is 1. The summed E-state index contributed by atoms with van der Waals surface area (Å²) in [5.74, 6) is 0.972. The van der Waals surface area contributed by atoms with E-state index in [0.717, 1.165) is 50.6 Å². The van der Waals surface area contributed by atoms with Crippen molar-refractivity contribution in [2.75, 3.05) is 31.1 Å². The summed E-state index contributed by atoms with van der Waals surface area (Å²) in [5, 5.41) is 3.98. The third kappa shape index (κ3) is 3.74. The predicted molar refractivity (Wildman–Crippen MR) is 136 cm³/mol. The fourth-order valence-electron chi connectivity index (χ4n) is 4.25. The van der Waals surface area contributed by atoms with Crippen LogP contribution in [0, 0.1) is 0 Å². The number of thiophene rings is 2. The van der Waals surface area contributed by atoms with Crippen LogP contribution in [0.2, 0.25) is 4.34 Å². The molecule has 5 aromatic rings. The van der Waals surface area contributed by atoms with E-state index >= 15 is 0 Å². The van der Waals surface area contributed by atoms with Gasteiger partial charge in [0.2, 0.25) is 0 Å². The van der Waals surface area contributed by atoms with Gasteiger partial charge in [0.15, 0.2) is 0 Å². The second-order valence-corrected chi connectivity index (χ2v) is 10.4. The molecule has 0 aliphatic carbocycles. The van der Waals surface area contributed by atoms with E-state index in [2.05, 4.69) is 20.9 Å². The minimum Gasteiger partial charge on any atom is -0.352 e. The first-order valence-electron chi connectivity index (χ1n) is 10.6. The zero-order chi connectivity index (χ0) is 22.4. The smallest absolute Gasteiger partial charge is 0.254 e. The molecule has 0 saturated carbocycles. The molecule has 0 atom stereocenters. The zero-order valence-electron chi connectivity index (χ0n) is 17.4.